The van der Waals surface area contributed by atoms with Crippen LogP contribution in [0.2, 0.25) is 0 Å². The summed E-state index contributed by atoms with van der Waals surface area (Å²) in [5.74, 6) is -0.322. The van der Waals surface area contributed by atoms with Gasteiger partial charge >= 0.3 is 7.82 Å². The van der Waals surface area contributed by atoms with Crippen molar-refractivity contribution in [3.63, 3.8) is 0 Å². The van der Waals surface area contributed by atoms with Crippen LogP contribution >= 0.6 is 7.82 Å². The van der Waals surface area contributed by atoms with Gasteiger partial charge in [-0.05, 0) is 13.0 Å². The second-order valence-electron chi connectivity index (χ2n) is 2.21. The molecule has 3 N–H and O–H groups in total. The van der Waals surface area contributed by atoms with Crippen molar-refractivity contribution in [3.05, 3.63) is 12.5 Å². The summed E-state index contributed by atoms with van der Waals surface area (Å²) in [6.45, 7) is 5.23. The fourth-order valence-corrected chi connectivity index (χ4v) is 1.21. The molecule has 6 heteroatoms. The van der Waals surface area contributed by atoms with Crippen LogP contribution in [-0.2, 0) is 13.6 Å². The Morgan fingerprint density at radius 1 is 1.75 bits per heavy atom. The van der Waals surface area contributed by atoms with Crippen molar-refractivity contribution in [2.45, 2.75) is 19.8 Å². The Morgan fingerprint density at radius 2 is 2.33 bits per heavy atom. The van der Waals surface area contributed by atoms with Crippen LogP contribution in [0.4, 0.5) is 0 Å². The lowest BCUT2D eigenvalue weighted by Crippen LogP contribution is -2.02. The maximum absolute atomic E-state index is 10.9. The summed E-state index contributed by atoms with van der Waals surface area (Å²) in [5.41, 5.74) is 4.95. The van der Waals surface area contributed by atoms with Gasteiger partial charge in [0.15, 0.2) is 5.88 Å². The molecule has 0 aromatic carbocycles. The third-order valence-electron chi connectivity index (χ3n) is 0.985. The van der Waals surface area contributed by atoms with E-state index in [1.807, 2.05) is 6.92 Å². The third kappa shape index (κ3) is 6.22. The van der Waals surface area contributed by atoms with Crippen LogP contribution in [0.25, 0.3) is 0 Å². The van der Waals surface area contributed by atoms with Crippen LogP contribution < -0.4 is 5.73 Å². The largest absolute Gasteiger partial charge is 0.528 e. The minimum atomic E-state index is -4.00. The molecule has 0 radical (unpaired) electrons. The van der Waals surface area contributed by atoms with Crippen molar-refractivity contribution in [1.29, 1.82) is 0 Å². The Balaban J connectivity index is 3.72. The van der Waals surface area contributed by atoms with E-state index in [1.165, 1.54) is 0 Å². The Morgan fingerprint density at radius 3 is 2.75 bits per heavy atom. The summed E-state index contributed by atoms with van der Waals surface area (Å²) >= 11 is 0. The normalized spacial score (nSPS) is 15.2. The highest BCUT2D eigenvalue weighted by atomic mass is 31.2. The molecule has 0 aliphatic carbocycles. The van der Waals surface area contributed by atoms with Crippen LogP contribution in [0.3, 0.4) is 0 Å². The van der Waals surface area contributed by atoms with Gasteiger partial charge in [0.2, 0.25) is 0 Å². The maximum Gasteiger partial charge on any atom is 0.528 e. The van der Waals surface area contributed by atoms with E-state index in [1.54, 1.807) is 0 Å². The van der Waals surface area contributed by atoms with E-state index in [-0.39, 0.29) is 12.5 Å². The van der Waals surface area contributed by atoms with Gasteiger partial charge in [-0.3, -0.25) is 9.42 Å². The zero-order chi connectivity index (χ0) is 9.61. The van der Waals surface area contributed by atoms with Crippen LogP contribution in [0.15, 0.2) is 12.5 Å². The van der Waals surface area contributed by atoms with Crippen LogP contribution in [-0.4, -0.2) is 11.5 Å². The van der Waals surface area contributed by atoms with Gasteiger partial charge in [-0.15, -0.1) is 0 Å². The summed E-state index contributed by atoms with van der Waals surface area (Å²) in [6.07, 6.45) is 1.58. The number of hydrogen-bond donors (Lipinski definition) is 2. The lowest BCUT2D eigenvalue weighted by molar-refractivity contribution is 0.175. The fourth-order valence-electron chi connectivity index (χ4n) is 0.499. The summed E-state index contributed by atoms with van der Waals surface area (Å²) in [4.78, 5) is 8.88. The number of phosphoric ester groups is 1. The molecule has 12 heavy (non-hydrogen) atoms. The molecule has 0 bridgehead atoms. The van der Waals surface area contributed by atoms with E-state index in [0.717, 1.165) is 6.42 Å². The zero-order valence-corrected chi connectivity index (χ0v) is 7.92. The van der Waals surface area contributed by atoms with E-state index in [0.29, 0.717) is 6.42 Å². The van der Waals surface area contributed by atoms with Gasteiger partial charge in [0.05, 0.1) is 6.61 Å². The van der Waals surface area contributed by atoms with E-state index in [4.69, 9.17) is 10.6 Å². The first-order valence-corrected chi connectivity index (χ1v) is 5.09. The van der Waals surface area contributed by atoms with Crippen molar-refractivity contribution in [2.75, 3.05) is 6.61 Å². The van der Waals surface area contributed by atoms with Crippen LogP contribution in [0.1, 0.15) is 19.8 Å². The second kappa shape index (κ2) is 5.19. The van der Waals surface area contributed by atoms with E-state index in [9.17, 15) is 4.57 Å². The summed E-state index contributed by atoms with van der Waals surface area (Å²) < 4.78 is 19.7. The van der Waals surface area contributed by atoms with Crippen molar-refractivity contribution < 1.29 is 18.5 Å². The smallest absolute Gasteiger partial charge is 0.389 e. The van der Waals surface area contributed by atoms with Crippen LogP contribution in [0, 0.1) is 0 Å². The first kappa shape index (κ1) is 11.5. The molecule has 0 aliphatic heterocycles. The topological polar surface area (TPSA) is 81.8 Å². The molecule has 0 spiro atoms. The molecule has 0 fully saturated rings. The first-order valence-electron chi connectivity index (χ1n) is 3.59. The van der Waals surface area contributed by atoms with Gasteiger partial charge in [-0.1, -0.05) is 13.3 Å². The van der Waals surface area contributed by atoms with Crippen LogP contribution in [0.5, 0.6) is 0 Å². The maximum atomic E-state index is 10.9. The second-order valence-corrected chi connectivity index (χ2v) is 3.59. The molecule has 0 saturated carbocycles. The van der Waals surface area contributed by atoms with Crippen molar-refractivity contribution in [1.82, 2.24) is 0 Å². The number of rotatable bonds is 6. The average molecular weight is 195 g/mol. The average Bonchev–Trinajstić information content (AvgIpc) is 1.84. The Hall–Kier alpha value is -0.510. The predicted octanol–water partition coefficient (Wildman–Crippen LogP) is 1.35. The minimum absolute atomic E-state index is 0.178. The standard InChI is InChI=1S/C6H14NO4P/c1-3-4-5-10-12(8,9)11-6(2)7/h2-5,7H2,1H3,(H,8,9). The minimum Gasteiger partial charge on any atom is -0.389 e. The van der Waals surface area contributed by atoms with Gasteiger partial charge < -0.3 is 10.3 Å². The zero-order valence-electron chi connectivity index (χ0n) is 7.02. The van der Waals surface area contributed by atoms with Gasteiger partial charge in [0.25, 0.3) is 0 Å². The first-order chi connectivity index (χ1) is 5.48. The number of phosphoric acid groups is 1. The summed E-state index contributed by atoms with van der Waals surface area (Å²) in [5, 5.41) is 0. The van der Waals surface area contributed by atoms with E-state index >= 15 is 0 Å². The van der Waals surface area contributed by atoms with E-state index in [2.05, 4.69) is 15.6 Å². The molecule has 0 saturated heterocycles. The molecule has 0 amide bonds. The SMILES string of the molecule is C=C(N)OP(=O)(O)OCCCC. The highest BCUT2D eigenvalue weighted by Gasteiger charge is 2.21. The number of unbranched alkanes of at least 4 members (excludes halogenated alkanes) is 1. The van der Waals surface area contributed by atoms with Crippen molar-refractivity contribution in [3.8, 4) is 0 Å². The van der Waals surface area contributed by atoms with E-state index < -0.39 is 7.82 Å². The molecular weight excluding hydrogens is 181 g/mol. The molecular formula is C6H14NO4P. The third-order valence-corrected chi connectivity index (χ3v) is 1.96. The van der Waals surface area contributed by atoms with Crippen molar-refractivity contribution in [2.24, 2.45) is 5.73 Å². The quantitative estimate of drug-likeness (QED) is 0.379. The molecule has 1 atom stereocenters. The van der Waals surface area contributed by atoms with Gasteiger partial charge in [-0.25, -0.2) is 4.57 Å². The monoisotopic (exact) mass is 195 g/mol. The lowest BCUT2D eigenvalue weighted by atomic mass is 10.4. The molecule has 0 aromatic rings. The lowest BCUT2D eigenvalue weighted by Gasteiger charge is -2.11. The highest BCUT2D eigenvalue weighted by Crippen LogP contribution is 2.44. The number of nitrogens with two attached hydrogens (primary N) is 1. The van der Waals surface area contributed by atoms with Gasteiger partial charge in [0.1, 0.15) is 0 Å². The molecule has 72 valence electrons. The summed E-state index contributed by atoms with van der Waals surface area (Å²) in [7, 11) is -4.00. The molecule has 1 unspecified atom stereocenters. The van der Waals surface area contributed by atoms with Crippen molar-refractivity contribution >= 4 is 7.82 Å². The predicted molar refractivity (Wildman–Crippen MR) is 45.1 cm³/mol. The fraction of sp³-hybridized carbons (Fsp3) is 0.667. The summed E-state index contributed by atoms with van der Waals surface area (Å²) in [6, 6.07) is 0. The van der Waals surface area contributed by atoms with Gasteiger partial charge in [-0.2, -0.15) is 0 Å². The molecule has 0 rings (SSSR count). The Bertz CT molecular complexity index is 194. The van der Waals surface area contributed by atoms with Gasteiger partial charge in [0, 0.05) is 0 Å². The highest BCUT2D eigenvalue weighted by molar-refractivity contribution is 7.47. The number of hydrogen-bond acceptors (Lipinski definition) is 4. The Labute approximate surface area is 71.8 Å². The Kier molecular flexibility index (Phi) is 4.97. The molecule has 0 aliphatic rings. The molecule has 0 heterocycles. The molecule has 5 nitrogen and oxygen atoms in total. The molecule has 0 aromatic heterocycles.